The van der Waals surface area contributed by atoms with E-state index >= 15 is 0 Å². The van der Waals surface area contributed by atoms with E-state index in [0.717, 1.165) is 59.7 Å². The lowest BCUT2D eigenvalue weighted by Gasteiger charge is -2.15. The van der Waals surface area contributed by atoms with Gasteiger partial charge in [0.2, 0.25) is 0 Å². The Morgan fingerprint density at radius 2 is 0.918 bits per heavy atom. The lowest BCUT2D eigenvalue weighted by Crippen LogP contribution is -2.11. The van der Waals surface area contributed by atoms with Gasteiger partial charge in [-0.2, -0.15) is 8.75 Å². The molecule has 6 aromatic rings. The second-order valence-corrected chi connectivity index (χ2v) is 15.6. The highest BCUT2D eigenvalue weighted by Crippen LogP contribution is 2.42. The molecule has 0 radical (unpaired) electrons. The zero-order valence-electron chi connectivity index (χ0n) is 29.2. The van der Waals surface area contributed by atoms with Gasteiger partial charge >= 0.3 is 0 Å². The van der Waals surface area contributed by atoms with Crippen LogP contribution in [0.3, 0.4) is 0 Å². The van der Waals surface area contributed by atoms with Crippen LogP contribution in [0.1, 0.15) is 79.1 Å². The minimum Gasteiger partial charge on any atom is -0.493 e. The molecule has 4 nitrogen and oxygen atoms in total. The Bertz CT molecular complexity index is 1750. The van der Waals surface area contributed by atoms with Gasteiger partial charge < -0.3 is 9.47 Å². The summed E-state index contributed by atoms with van der Waals surface area (Å²) in [4.78, 5) is 4.87. The van der Waals surface area contributed by atoms with E-state index in [-0.39, 0.29) is 0 Å². The van der Waals surface area contributed by atoms with Crippen molar-refractivity contribution in [2.75, 3.05) is 13.2 Å². The number of hydrogen-bond acceptors (Lipinski definition) is 7. The first-order valence-electron chi connectivity index (χ1n) is 18.0. The molecular formula is C42H48N2O2S3. The Kier molecular flexibility index (Phi) is 12.6. The van der Waals surface area contributed by atoms with Crippen LogP contribution in [0.15, 0.2) is 84.9 Å². The van der Waals surface area contributed by atoms with E-state index in [4.69, 9.17) is 18.2 Å². The van der Waals surface area contributed by atoms with Crippen molar-refractivity contribution in [2.45, 2.75) is 79.1 Å². The second kappa shape index (κ2) is 17.4. The van der Waals surface area contributed by atoms with E-state index in [9.17, 15) is 0 Å². The van der Waals surface area contributed by atoms with E-state index in [1.165, 1.54) is 80.9 Å². The first kappa shape index (κ1) is 35.3. The molecule has 7 heteroatoms. The number of nitrogens with zero attached hydrogens (tertiary/aromatic N) is 2. The molecule has 6 rings (SSSR count). The van der Waals surface area contributed by atoms with E-state index in [2.05, 4.69) is 113 Å². The lowest BCUT2D eigenvalue weighted by atomic mass is 10.0. The van der Waals surface area contributed by atoms with Crippen LogP contribution < -0.4 is 9.47 Å². The Morgan fingerprint density at radius 1 is 0.510 bits per heavy atom. The van der Waals surface area contributed by atoms with Gasteiger partial charge in [-0.1, -0.05) is 78.4 Å². The van der Waals surface area contributed by atoms with Crippen LogP contribution >= 0.6 is 34.4 Å². The van der Waals surface area contributed by atoms with Crippen LogP contribution in [-0.2, 0) is 0 Å². The molecule has 0 aliphatic rings. The van der Waals surface area contributed by atoms with Crippen LogP contribution in [0.2, 0.25) is 0 Å². The quantitative estimate of drug-likeness (QED) is 0.0891. The van der Waals surface area contributed by atoms with Crippen LogP contribution in [-0.4, -0.2) is 22.0 Å². The van der Waals surface area contributed by atoms with Gasteiger partial charge in [0.1, 0.15) is 22.5 Å². The first-order chi connectivity index (χ1) is 24.1. The third-order valence-electron chi connectivity index (χ3n) is 9.49. The number of benzene rings is 3. The SMILES string of the molecule is CCCCC(CC)COc1ccc(-c2ccc(-c3ccc(-c4ccc(-c5ccc(OCC(CC)CCCC)cc5)s4)c4nsnc34)s2)cc1. The number of aromatic nitrogens is 2. The van der Waals surface area contributed by atoms with Gasteiger partial charge in [-0.05, 0) is 109 Å². The fourth-order valence-corrected chi connectivity index (χ4v) is 8.84. The lowest BCUT2D eigenvalue weighted by molar-refractivity contribution is 0.233. The molecule has 0 saturated heterocycles. The summed E-state index contributed by atoms with van der Waals surface area (Å²) in [5.74, 6) is 3.15. The summed E-state index contributed by atoms with van der Waals surface area (Å²) in [6.45, 7) is 10.6. The minimum atomic E-state index is 0.626. The molecular weight excluding hydrogens is 661 g/mol. The van der Waals surface area contributed by atoms with Gasteiger partial charge in [0.25, 0.3) is 0 Å². The highest BCUT2D eigenvalue weighted by atomic mass is 32.1. The van der Waals surface area contributed by atoms with E-state index in [1.807, 2.05) is 0 Å². The highest BCUT2D eigenvalue weighted by Gasteiger charge is 2.17. The summed E-state index contributed by atoms with van der Waals surface area (Å²) in [5, 5.41) is 0. The smallest absolute Gasteiger partial charge is 0.119 e. The zero-order valence-corrected chi connectivity index (χ0v) is 31.7. The summed E-state index contributed by atoms with van der Waals surface area (Å²) in [6.07, 6.45) is 9.83. The molecule has 0 N–H and O–H groups in total. The Hall–Kier alpha value is -3.52. The second-order valence-electron chi connectivity index (χ2n) is 13.0. The maximum absolute atomic E-state index is 6.15. The van der Waals surface area contributed by atoms with Crippen molar-refractivity contribution in [3.63, 3.8) is 0 Å². The standard InChI is InChI=1S/C42H48N2O2S3/c1-5-9-11-29(7-3)27-45-33-17-13-31(14-18-33)37-23-25-39(47-37)35-21-22-36(42-41(35)43-49-44-42)40-26-24-38(48-40)32-15-19-34(20-16-32)46-28-30(8-4)12-10-6-2/h13-26,29-30H,5-12,27-28H2,1-4H3. The zero-order chi connectivity index (χ0) is 34.0. The van der Waals surface area contributed by atoms with Crippen LogP contribution in [0.4, 0.5) is 0 Å². The average Bonchev–Trinajstić information content (AvgIpc) is 3.94. The van der Waals surface area contributed by atoms with Crippen molar-refractivity contribution in [1.82, 2.24) is 8.75 Å². The fourth-order valence-electron chi connectivity index (χ4n) is 6.19. The highest BCUT2D eigenvalue weighted by molar-refractivity contribution is 7.19. The van der Waals surface area contributed by atoms with Crippen molar-refractivity contribution >= 4 is 45.4 Å². The van der Waals surface area contributed by atoms with Crippen molar-refractivity contribution in [1.29, 1.82) is 0 Å². The summed E-state index contributed by atoms with van der Waals surface area (Å²) in [7, 11) is 0. The van der Waals surface area contributed by atoms with Crippen molar-refractivity contribution < 1.29 is 9.47 Å². The Balaban J connectivity index is 1.13. The van der Waals surface area contributed by atoms with Crippen molar-refractivity contribution in [3.05, 3.63) is 84.9 Å². The number of rotatable bonds is 18. The molecule has 256 valence electrons. The Morgan fingerprint density at radius 3 is 1.31 bits per heavy atom. The van der Waals surface area contributed by atoms with Gasteiger partial charge in [-0.3, -0.25) is 0 Å². The first-order valence-corrected chi connectivity index (χ1v) is 20.4. The van der Waals surface area contributed by atoms with Crippen molar-refractivity contribution in [2.24, 2.45) is 11.8 Å². The molecule has 49 heavy (non-hydrogen) atoms. The summed E-state index contributed by atoms with van der Waals surface area (Å²) in [6, 6.07) is 30.4. The van der Waals surface area contributed by atoms with Gasteiger partial charge in [-0.15, -0.1) is 22.7 Å². The molecule has 3 aromatic carbocycles. The van der Waals surface area contributed by atoms with E-state index < -0.39 is 0 Å². The van der Waals surface area contributed by atoms with Gasteiger partial charge in [0, 0.05) is 30.6 Å². The van der Waals surface area contributed by atoms with E-state index in [1.54, 1.807) is 22.7 Å². The number of thiophene rings is 2. The number of fused-ring (bicyclic) bond motifs is 1. The molecule has 0 aliphatic heterocycles. The normalized spacial score (nSPS) is 12.7. The minimum absolute atomic E-state index is 0.626. The molecule has 0 aliphatic carbocycles. The fraction of sp³-hybridized carbons (Fsp3) is 0.381. The largest absolute Gasteiger partial charge is 0.493 e. The van der Waals surface area contributed by atoms with E-state index in [0.29, 0.717) is 11.8 Å². The number of ether oxygens (including phenoxy) is 2. The topological polar surface area (TPSA) is 44.2 Å². The monoisotopic (exact) mass is 708 g/mol. The third kappa shape index (κ3) is 8.80. The number of hydrogen-bond donors (Lipinski definition) is 0. The van der Waals surface area contributed by atoms with Crippen LogP contribution in [0, 0.1) is 11.8 Å². The third-order valence-corrected chi connectivity index (χ3v) is 12.4. The van der Waals surface area contributed by atoms with Gasteiger partial charge in [0.05, 0.1) is 24.9 Å². The molecule has 3 aromatic heterocycles. The summed E-state index contributed by atoms with van der Waals surface area (Å²) in [5.41, 5.74) is 6.60. The van der Waals surface area contributed by atoms with Crippen LogP contribution in [0.5, 0.6) is 11.5 Å². The molecule has 0 bridgehead atoms. The van der Waals surface area contributed by atoms with Gasteiger partial charge in [-0.25, -0.2) is 0 Å². The maximum Gasteiger partial charge on any atom is 0.119 e. The van der Waals surface area contributed by atoms with Crippen LogP contribution in [0.25, 0.3) is 52.8 Å². The molecule has 0 saturated carbocycles. The number of unbranched alkanes of at least 4 members (excludes halogenated alkanes) is 2. The summed E-state index contributed by atoms with van der Waals surface area (Å²) >= 11 is 4.88. The summed E-state index contributed by atoms with van der Waals surface area (Å²) < 4.78 is 21.9. The molecule has 2 unspecified atom stereocenters. The molecule has 0 spiro atoms. The predicted molar refractivity (Wildman–Crippen MR) is 213 cm³/mol. The van der Waals surface area contributed by atoms with Crippen molar-refractivity contribution in [3.8, 4) is 53.3 Å². The van der Waals surface area contributed by atoms with Gasteiger partial charge in [0.15, 0.2) is 0 Å². The Labute approximate surface area is 304 Å². The molecule has 0 fully saturated rings. The molecule has 0 amide bonds. The molecule has 3 heterocycles. The predicted octanol–water partition coefficient (Wildman–Crippen LogP) is 13.7. The maximum atomic E-state index is 6.15. The molecule has 2 atom stereocenters. The average molecular weight is 709 g/mol.